The molecule has 0 fully saturated rings. The first-order valence-electron chi connectivity index (χ1n) is 13.1. The Morgan fingerprint density at radius 2 is 1.62 bits per heavy atom. The highest BCUT2D eigenvalue weighted by molar-refractivity contribution is 7.92. The summed E-state index contributed by atoms with van der Waals surface area (Å²) in [4.78, 5) is 28.1. The molecule has 0 radical (unpaired) electrons. The van der Waals surface area contributed by atoms with Gasteiger partial charge >= 0.3 is 0 Å². The van der Waals surface area contributed by atoms with E-state index in [1.165, 1.54) is 22.3 Å². The van der Waals surface area contributed by atoms with Crippen LogP contribution in [0.5, 0.6) is 5.75 Å². The molecule has 1 unspecified atom stereocenters. The summed E-state index contributed by atoms with van der Waals surface area (Å²) in [7, 11) is -2.20. The normalized spacial score (nSPS) is 11.9. The minimum Gasteiger partial charge on any atom is -0.492 e. The summed E-state index contributed by atoms with van der Waals surface area (Å²) < 4.78 is 46.9. The maximum Gasteiger partial charge on any atom is 0.242 e. The summed E-state index contributed by atoms with van der Waals surface area (Å²) in [6.45, 7) is 2.08. The zero-order valence-corrected chi connectivity index (χ0v) is 23.9. The number of sulfonamides is 1. The number of para-hydroxylation sites is 2. The average Bonchev–Trinajstić information content (AvgIpc) is 2.94. The summed E-state index contributed by atoms with van der Waals surface area (Å²) in [5, 5.41) is 2.63. The smallest absolute Gasteiger partial charge is 0.242 e. The van der Waals surface area contributed by atoms with E-state index >= 15 is 0 Å². The first-order chi connectivity index (χ1) is 19.2. The fraction of sp³-hybridized carbons (Fsp3) is 0.333. The lowest BCUT2D eigenvalue weighted by atomic mass is 10.0. The molecule has 0 heterocycles. The highest BCUT2D eigenvalue weighted by Crippen LogP contribution is 2.30. The summed E-state index contributed by atoms with van der Waals surface area (Å²) >= 11 is 0. The summed E-state index contributed by atoms with van der Waals surface area (Å²) in [5.74, 6) is -0.826. The van der Waals surface area contributed by atoms with Crippen LogP contribution in [0.3, 0.4) is 0 Å². The van der Waals surface area contributed by atoms with Crippen molar-refractivity contribution in [1.82, 2.24) is 10.2 Å². The van der Waals surface area contributed by atoms with Crippen LogP contribution in [-0.2, 0) is 32.6 Å². The van der Waals surface area contributed by atoms with Crippen LogP contribution in [0.1, 0.15) is 30.9 Å². The molecule has 0 aliphatic heterocycles. The van der Waals surface area contributed by atoms with Gasteiger partial charge in [-0.2, -0.15) is 0 Å². The molecule has 1 N–H and O–H groups in total. The molecular formula is C30H36FN3O5S. The molecule has 3 aromatic rings. The summed E-state index contributed by atoms with van der Waals surface area (Å²) in [6, 6.07) is 21.3. The number of rotatable bonds is 14. The second kappa shape index (κ2) is 14.5. The molecule has 10 heteroatoms. The van der Waals surface area contributed by atoms with Gasteiger partial charge in [-0.3, -0.25) is 13.9 Å². The number of anilines is 1. The van der Waals surface area contributed by atoms with Crippen LogP contribution < -0.4 is 14.4 Å². The Morgan fingerprint density at radius 1 is 0.975 bits per heavy atom. The van der Waals surface area contributed by atoms with E-state index in [4.69, 9.17) is 4.74 Å². The van der Waals surface area contributed by atoms with E-state index < -0.39 is 21.9 Å². The number of hydrogen-bond acceptors (Lipinski definition) is 5. The molecule has 0 saturated heterocycles. The first kappa shape index (κ1) is 30.6. The number of ether oxygens (including phenoxy) is 1. The van der Waals surface area contributed by atoms with Crippen LogP contribution in [0, 0.1) is 5.82 Å². The molecule has 0 aliphatic carbocycles. The largest absolute Gasteiger partial charge is 0.492 e. The molecule has 2 amide bonds. The molecular weight excluding hydrogens is 533 g/mol. The quantitative estimate of drug-likeness (QED) is 0.315. The van der Waals surface area contributed by atoms with Crippen LogP contribution >= 0.6 is 0 Å². The van der Waals surface area contributed by atoms with Gasteiger partial charge < -0.3 is 15.0 Å². The van der Waals surface area contributed by atoms with Crippen LogP contribution in [-0.4, -0.2) is 57.6 Å². The fourth-order valence-electron chi connectivity index (χ4n) is 4.45. The Balaban J connectivity index is 1.87. The molecule has 214 valence electrons. The van der Waals surface area contributed by atoms with Crippen molar-refractivity contribution in [3.8, 4) is 5.75 Å². The zero-order chi connectivity index (χ0) is 29.1. The highest BCUT2D eigenvalue weighted by atomic mass is 32.2. The van der Waals surface area contributed by atoms with E-state index in [0.717, 1.165) is 11.8 Å². The highest BCUT2D eigenvalue weighted by Gasteiger charge is 2.30. The van der Waals surface area contributed by atoms with Crippen molar-refractivity contribution < 1.29 is 27.1 Å². The lowest BCUT2D eigenvalue weighted by Gasteiger charge is -2.31. The molecule has 1 atom stereocenters. The Hall–Kier alpha value is -3.92. The van der Waals surface area contributed by atoms with E-state index in [1.54, 1.807) is 42.5 Å². The third-order valence-corrected chi connectivity index (χ3v) is 7.58. The van der Waals surface area contributed by atoms with Gasteiger partial charge in [-0.15, -0.1) is 0 Å². The number of halogens is 1. The first-order valence-corrected chi connectivity index (χ1v) is 15.0. The van der Waals surface area contributed by atoms with Crippen molar-refractivity contribution in [3.63, 3.8) is 0 Å². The second-order valence-electron chi connectivity index (χ2n) is 9.27. The van der Waals surface area contributed by atoms with E-state index in [1.807, 2.05) is 37.3 Å². The van der Waals surface area contributed by atoms with Crippen molar-refractivity contribution >= 4 is 27.5 Å². The number of hydrogen-bond donors (Lipinski definition) is 1. The molecule has 8 nitrogen and oxygen atoms in total. The van der Waals surface area contributed by atoms with Gasteiger partial charge in [0.15, 0.2) is 0 Å². The topological polar surface area (TPSA) is 96.0 Å². The molecule has 0 aliphatic rings. The predicted octanol–water partition coefficient (Wildman–Crippen LogP) is 4.16. The Labute approximate surface area is 235 Å². The van der Waals surface area contributed by atoms with E-state index in [-0.39, 0.29) is 49.7 Å². The minimum absolute atomic E-state index is 0.0194. The third-order valence-electron chi connectivity index (χ3n) is 6.40. The SMILES string of the molecule is CCOc1ccccc1N(CCCC(=O)N(Cc1ccccc1F)C(Cc1ccccc1)C(=O)NC)S(C)(=O)=O. The Kier molecular flexibility index (Phi) is 11.1. The lowest BCUT2D eigenvalue weighted by molar-refractivity contribution is -0.141. The molecule has 3 aromatic carbocycles. The molecule has 40 heavy (non-hydrogen) atoms. The second-order valence-corrected chi connectivity index (χ2v) is 11.2. The van der Waals surface area contributed by atoms with E-state index in [9.17, 15) is 22.4 Å². The standard InChI is InChI=1S/C30H36FN3O5S/c1-4-39-28-18-11-10-17-26(28)34(40(3,37)38)20-12-19-29(35)33(22-24-15-8-9-16-25(24)31)27(30(36)32-2)21-23-13-6-5-7-14-23/h5-11,13-18,27H,4,12,19-22H2,1-3H3,(H,32,36). The zero-order valence-electron chi connectivity index (χ0n) is 23.0. The van der Waals surface area contributed by atoms with Gasteiger partial charge in [0.25, 0.3) is 0 Å². The van der Waals surface area contributed by atoms with Gasteiger partial charge in [-0.25, -0.2) is 12.8 Å². The van der Waals surface area contributed by atoms with Gasteiger partial charge in [-0.05, 0) is 37.1 Å². The van der Waals surface area contributed by atoms with Crippen LogP contribution in [0.2, 0.25) is 0 Å². The maximum absolute atomic E-state index is 14.6. The van der Waals surface area contributed by atoms with Crippen molar-refractivity contribution in [3.05, 3.63) is 95.8 Å². The average molecular weight is 570 g/mol. The van der Waals surface area contributed by atoms with Crippen molar-refractivity contribution in [2.45, 2.75) is 38.8 Å². The van der Waals surface area contributed by atoms with Crippen LogP contribution in [0.25, 0.3) is 0 Å². The number of carbonyl (C=O) groups is 2. The molecule has 0 spiro atoms. The van der Waals surface area contributed by atoms with Gasteiger partial charge in [0.2, 0.25) is 21.8 Å². The number of amides is 2. The van der Waals surface area contributed by atoms with Gasteiger partial charge in [0, 0.05) is 38.5 Å². The van der Waals surface area contributed by atoms with Crippen molar-refractivity contribution in [2.75, 3.05) is 30.8 Å². The van der Waals surface area contributed by atoms with Gasteiger partial charge in [0.05, 0.1) is 18.6 Å². The monoisotopic (exact) mass is 569 g/mol. The molecule has 0 aromatic heterocycles. The number of carbonyl (C=O) groups excluding carboxylic acids is 2. The molecule has 0 saturated carbocycles. The fourth-order valence-corrected chi connectivity index (χ4v) is 5.42. The number of likely N-dealkylation sites (N-methyl/N-ethyl adjacent to an activating group) is 1. The Bertz CT molecular complexity index is 1380. The molecule has 3 rings (SSSR count). The molecule has 0 bridgehead atoms. The van der Waals surface area contributed by atoms with Gasteiger partial charge in [-0.1, -0.05) is 60.7 Å². The maximum atomic E-state index is 14.6. The predicted molar refractivity (Wildman–Crippen MR) is 154 cm³/mol. The summed E-state index contributed by atoms with van der Waals surface area (Å²) in [5.41, 5.74) is 1.51. The Morgan fingerprint density at radius 3 is 2.27 bits per heavy atom. The van der Waals surface area contributed by atoms with E-state index in [0.29, 0.717) is 18.0 Å². The number of nitrogens with one attached hydrogen (secondary N) is 1. The lowest BCUT2D eigenvalue weighted by Crippen LogP contribution is -2.50. The van der Waals surface area contributed by atoms with E-state index in [2.05, 4.69) is 5.32 Å². The van der Waals surface area contributed by atoms with Crippen LogP contribution in [0.4, 0.5) is 10.1 Å². The third kappa shape index (κ3) is 8.29. The van der Waals surface area contributed by atoms with Crippen molar-refractivity contribution in [1.29, 1.82) is 0 Å². The van der Waals surface area contributed by atoms with Crippen LogP contribution in [0.15, 0.2) is 78.9 Å². The minimum atomic E-state index is -3.69. The van der Waals surface area contributed by atoms with Crippen molar-refractivity contribution in [2.24, 2.45) is 0 Å². The summed E-state index contributed by atoms with van der Waals surface area (Å²) in [6.07, 6.45) is 1.45. The number of benzene rings is 3. The van der Waals surface area contributed by atoms with Gasteiger partial charge in [0.1, 0.15) is 17.6 Å². The number of nitrogens with zero attached hydrogens (tertiary/aromatic N) is 2.